The Morgan fingerprint density at radius 3 is 2.62 bits per heavy atom. The van der Waals surface area contributed by atoms with Crippen molar-refractivity contribution in [2.24, 2.45) is 5.41 Å². The highest BCUT2D eigenvalue weighted by Gasteiger charge is 2.49. The van der Waals surface area contributed by atoms with Gasteiger partial charge in [0.05, 0.1) is 7.85 Å². The third-order valence-corrected chi connectivity index (χ3v) is 3.81. The third-order valence-electron chi connectivity index (χ3n) is 3.81. The van der Waals surface area contributed by atoms with Crippen LogP contribution in [0.25, 0.3) is 0 Å². The van der Waals surface area contributed by atoms with E-state index in [0.717, 1.165) is 5.69 Å². The number of benzene rings is 1. The molecule has 0 spiro atoms. The number of hydrogen-bond donors (Lipinski definition) is 0. The highest BCUT2D eigenvalue weighted by atomic mass is 16.6. The summed E-state index contributed by atoms with van der Waals surface area (Å²) in [5.74, 6) is -1.39. The number of rotatable bonds is 4. The first-order valence-electron chi connectivity index (χ1n) is 7.19. The molecule has 2 rings (SSSR count). The van der Waals surface area contributed by atoms with E-state index in [1.54, 1.807) is 4.90 Å². The molecule has 2 radical (unpaired) electrons. The molecule has 0 aromatic heterocycles. The second-order valence-electron chi connectivity index (χ2n) is 6.08. The second-order valence-corrected chi connectivity index (χ2v) is 6.08. The summed E-state index contributed by atoms with van der Waals surface area (Å²) in [4.78, 5) is 26.1. The molecule has 0 unspecified atom stereocenters. The predicted molar refractivity (Wildman–Crippen MR) is 82.3 cm³/mol. The van der Waals surface area contributed by atoms with Crippen LogP contribution in [0.4, 0.5) is 5.69 Å². The first kappa shape index (κ1) is 15.6. The predicted octanol–water partition coefficient (Wildman–Crippen LogP) is 2.34. The lowest BCUT2D eigenvalue weighted by Gasteiger charge is -2.24. The monoisotopic (exact) mass is 285 g/mol. The van der Waals surface area contributed by atoms with Crippen LogP contribution >= 0.6 is 0 Å². The van der Waals surface area contributed by atoms with Crippen molar-refractivity contribution >= 4 is 25.4 Å². The molecule has 1 aliphatic heterocycles. The Labute approximate surface area is 126 Å². The number of esters is 1. The number of carbonyl (C=O) groups is 2. The van der Waals surface area contributed by atoms with Gasteiger partial charge < -0.3 is 9.64 Å². The molecular weight excluding hydrogens is 265 g/mol. The molecular formula is C16H20BNO3. The summed E-state index contributed by atoms with van der Waals surface area (Å²) in [5.41, 5.74) is 0.365. The fraction of sp³-hybridized carbons (Fsp3) is 0.500. The number of hydrogen-bond acceptors (Lipinski definition) is 3. The third kappa shape index (κ3) is 3.12. The van der Waals surface area contributed by atoms with Crippen molar-refractivity contribution in [2.45, 2.75) is 39.1 Å². The molecule has 0 bridgehead atoms. The summed E-state index contributed by atoms with van der Waals surface area (Å²) >= 11 is 0. The zero-order valence-electron chi connectivity index (χ0n) is 12.7. The van der Waals surface area contributed by atoms with E-state index < -0.39 is 23.3 Å². The van der Waals surface area contributed by atoms with Gasteiger partial charge in [-0.25, -0.2) is 0 Å². The van der Waals surface area contributed by atoms with Gasteiger partial charge >= 0.3 is 5.97 Å². The van der Waals surface area contributed by atoms with E-state index in [1.807, 2.05) is 51.1 Å². The Balaban J connectivity index is 2.19. The van der Waals surface area contributed by atoms with Crippen molar-refractivity contribution < 1.29 is 14.3 Å². The van der Waals surface area contributed by atoms with Gasteiger partial charge in [-0.1, -0.05) is 45.4 Å². The van der Waals surface area contributed by atoms with E-state index in [1.165, 1.54) is 0 Å². The summed E-state index contributed by atoms with van der Waals surface area (Å²) in [6, 6.07) is 9.39. The van der Waals surface area contributed by atoms with Crippen LogP contribution in [0, 0.1) is 5.41 Å². The molecule has 1 aromatic carbocycles. The van der Waals surface area contributed by atoms with Crippen LogP contribution in [-0.4, -0.2) is 32.4 Å². The van der Waals surface area contributed by atoms with Crippen LogP contribution in [-0.2, 0) is 14.3 Å². The number of carbonyl (C=O) groups excluding carboxylic acids is 2. The van der Waals surface area contributed by atoms with Gasteiger partial charge in [0, 0.05) is 23.5 Å². The maximum Gasteiger partial charge on any atom is 0.300 e. The largest absolute Gasteiger partial charge is 0.452 e. The standard InChI is InChI=1S/C16H20BNO3/c1-4-12(17)15(20)21-13-14(19)18(10-16(13,2)3)11-8-6-5-7-9-11/h5-9,12-13H,4,10H2,1-3H3/t12-,13-/m1/s1. The highest BCUT2D eigenvalue weighted by Crippen LogP contribution is 2.36. The van der Waals surface area contributed by atoms with Gasteiger partial charge in [-0.15, -0.1) is 0 Å². The Bertz CT molecular complexity index is 530. The quantitative estimate of drug-likeness (QED) is 0.630. The van der Waals surface area contributed by atoms with E-state index in [-0.39, 0.29) is 5.91 Å². The maximum atomic E-state index is 12.6. The van der Waals surface area contributed by atoms with Crippen LogP contribution in [0.15, 0.2) is 30.3 Å². The average Bonchev–Trinajstić information content (AvgIpc) is 2.70. The first-order chi connectivity index (χ1) is 9.86. The number of anilines is 1. The van der Waals surface area contributed by atoms with Gasteiger partial charge in [0.2, 0.25) is 0 Å². The number of amides is 1. The molecule has 2 atom stereocenters. The van der Waals surface area contributed by atoms with Crippen molar-refractivity contribution in [3.05, 3.63) is 30.3 Å². The van der Waals surface area contributed by atoms with Crippen LogP contribution in [0.5, 0.6) is 0 Å². The van der Waals surface area contributed by atoms with Crippen molar-refractivity contribution in [1.82, 2.24) is 0 Å². The Morgan fingerprint density at radius 1 is 1.43 bits per heavy atom. The van der Waals surface area contributed by atoms with Crippen molar-refractivity contribution in [1.29, 1.82) is 0 Å². The van der Waals surface area contributed by atoms with E-state index >= 15 is 0 Å². The molecule has 0 saturated carbocycles. The summed E-state index contributed by atoms with van der Waals surface area (Å²) in [6.07, 6.45) is -0.300. The van der Waals surface area contributed by atoms with Gasteiger partial charge in [-0.3, -0.25) is 9.59 Å². The molecule has 4 nitrogen and oxygen atoms in total. The van der Waals surface area contributed by atoms with Crippen LogP contribution in [0.1, 0.15) is 27.2 Å². The summed E-state index contributed by atoms with van der Waals surface area (Å²) < 4.78 is 5.39. The van der Waals surface area contributed by atoms with Gasteiger partial charge in [0.15, 0.2) is 6.10 Å². The first-order valence-corrected chi connectivity index (χ1v) is 7.19. The lowest BCUT2D eigenvalue weighted by Crippen LogP contribution is -2.37. The van der Waals surface area contributed by atoms with Gasteiger partial charge in [-0.2, -0.15) is 0 Å². The van der Waals surface area contributed by atoms with E-state index in [4.69, 9.17) is 12.6 Å². The normalized spacial score (nSPS) is 22.1. The fourth-order valence-corrected chi connectivity index (χ4v) is 2.45. The van der Waals surface area contributed by atoms with Gasteiger partial charge in [0.25, 0.3) is 5.91 Å². The van der Waals surface area contributed by atoms with Gasteiger partial charge in [-0.05, 0) is 12.1 Å². The Hall–Kier alpha value is -1.78. The molecule has 110 valence electrons. The zero-order chi connectivity index (χ0) is 15.6. The van der Waals surface area contributed by atoms with Crippen LogP contribution < -0.4 is 4.90 Å². The Morgan fingerprint density at radius 2 is 2.05 bits per heavy atom. The number of nitrogens with zero attached hydrogens (tertiary/aromatic N) is 1. The molecule has 0 N–H and O–H groups in total. The van der Waals surface area contributed by atoms with Crippen molar-refractivity contribution in [3.8, 4) is 0 Å². The summed E-state index contributed by atoms with van der Waals surface area (Å²) in [5, 5.41) is 0. The maximum absolute atomic E-state index is 12.6. The topological polar surface area (TPSA) is 46.6 Å². The molecule has 1 aromatic rings. The minimum Gasteiger partial charge on any atom is -0.452 e. The lowest BCUT2D eigenvalue weighted by molar-refractivity contribution is -0.158. The number of ether oxygens (including phenoxy) is 1. The molecule has 1 aliphatic rings. The Kier molecular flexibility index (Phi) is 4.40. The molecule has 21 heavy (non-hydrogen) atoms. The smallest absolute Gasteiger partial charge is 0.300 e. The lowest BCUT2D eigenvalue weighted by atomic mass is 9.84. The second kappa shape index (κ2) is 5.92. The molecule has 5 heteroatoms. The van der Waals surface area contributed by atoms with Crippen molar-refractivity contribution in [2.75, 3.05) is 11.4 Å². The van der Waals surface area contributed by atoms with E-state index in [0.29, 0.717) is 13.0 Å². The van der Waals surface area contributed by atoms with Crippen LogP contribution in [0.3, 0.4) is 0 Å². The number of para-hydroxylation sites is 1. The van der Waals surface area contributed by atoms with E-state index in [2.05, 4.69) is 0 Å². The minimum atomic E-state index is -0.789. The molecule has 1 amide bonds. The summed E-state index contributed by atoms with van der Waals surface area (Å²) in [7, 11) is 5.67. The van der Waals surface area contributed by atoms with Crippen molar-refractivity contribution in [3.63, 3.8) is 0 Å². The minimum absolute atomic E-state index is 0.192. The zero-order valence-corrected chi connectivity index (χ0v) is 12.7. The highest BCUT2D eigenvalue weighted by molar-refractivity contribution is 6.22. The molecule has 1 fully saturated rings. The average molecular weight is 285 g/mol. The molecule has 0 aliphatic carbocycles. The molecule has 1 heterocycles. The SMILES string of the molecule is [B][C@H](CC)C(=O)O[C@@H]1C(=O)N(c2ccccc2)CC1(C)C. The molecule has 1 saturated heterocycles. The van der Waals surface area contributed by atoms with E-state index in [9.17, 15) is 9.59 Å². The fourth-order valence-electron chi connectivity index (χ4n) is 2.45. The van der Waals surface area contributed by atoms with Crippen LogP contribution in [0.2, 0.25) is 5.82 Å². The summed E-state index contributed by atoms with van der Waals surface area (Å²) in [6.45, 7) is 6.16. The van der Waals surface area contributed by atoms with Gasteiger partial charge in [0.1, 0.15) is 0 Å².